The molecule has 0 aromatic heterocycles. The van der Waals surface area contributed by atoms with Crippen LogP contribution in [0.3, 0.4) is 0 Å². The van der Waals surface area contributed by atoms with Crippen LogP contribution in [-0.2, 0) is 24.3 Å². The summed E-state index contributed by atoms with van der Waals surface area (Å²) in [6, 6.07) is 5.36. The monoisotopic (exact) mass is 369 g/mol. The molecule has 0 aliphatic carbocycles. The molecule has 2 amide bonds. The Hall–Kier alpha value is -2.46. The molecular formula is C15H19N3O6S. The van der Waals surface area contributed by atoms with Gasteiger partial charge in [0.25, 0.3) is 5.91 Å². The fourth-order valence-corrected chi connectivity index (χ4v) is 3.86. The molecule has 2 N–H and O–H groups in total. The van der Waals surface area contributed by atoms with Crippen molar-refractivity contribution in [2.45, 2.75) is 11.8 Å². The lowest BCUT2D eigenvalue weighted by molar-refractivity contribution is -0.130. The van der Waals surface area contributed by atoms with Gasteiger partial charge in [0.2, 0.25) is 15.9 Å². The molecule has 1 aliphatic heterocycles. The third kappa shape index (κ3) is 4.54. The van der Waals surface area contributed by atoms with Gasteiger partial charge < -0.3 is 15.4 Å². The van der Waals surface area contributed by atoms with Crippen molar-refractivity contribution in [1.29, 1.82) is 0 Å². The van der Waals surface area contributed by atoms with Crippen molar-refractivity contribution in [3.8, 4) is 0 Å². The van der Waals surface area contributed by atoms with Crippen LogP contribution in [0.4, 0.5) is 0 Å². The second-order valence-electron chi connectivity index (χ2n) is 5.48. The van der Waals surface area contributed by atoms with E-state index in [0.717, 1.165) is 0 Å². The number of esters is 1. The van der Waals surface area contributed by atoms with Crippen molar-refractivity contribution >= 4 is 27.8 Å². The smallest absolute Gasteiger partial charge is 0.338 e. The van der Waals surface area contributed by atoms with Crippen LogP contribution in [-0.4, -0.2) is 68.2 Å². The number of hydrogen-bond acceptors (Lipinski definition) is 6. The summed E-state index contributed by atoms with van der Waals surface area (Å²) in [5.74, 6) is -1.74. The predicted octanol–water partition coefficient (Wildman–Crippen LogP) is -0.818. The zero-order valence-electron chi connectivity index (χ0n) is 13.7. The number of nitrogens with two attached hydrogens (primary N) is 1. The van der Waals surface area contributed by atoms with Gasteiger partial charge in [-0.3, -0.25) is 9.59 Å². The first kappa shape index (κ1) is 18.9. The predicted molar refractivity (Wildman–Crippen MR) is 86.9 cm³/mol. The maximum absolute atomic E-state index is 12.7. The molecule has 0 saturated carbocycles. The van der Waals surface area contributed by atoms with E-state index in [4.69, 9.17) is 5.73 Å². The Kier molecular flexibility index (Phi) is 5.75. The van der Waals surface area contributed by atoms with Crippen LogP contribution in [0.25, 0.3) is 0 Å². The van der Waals surface area contributed by atoms with E-state index < -0.39 is 28.5 Å². The molecule has 1 heterocycles. The van der Waals surface area contributed by atoms with Crippen LogP contribution in [0.5, 0.6) is 0 Å². The number of sulfonamides is 1. The summed E-state index contributed by atoms with van der Waals surface area (Å²) >= 11 is 0. The Morgan fingerprint density at radius 3 is 2.36 bits per heavy atom. The van der Waals surface area contributed by atoms with E-state index in [1.165, 1.54) is 35.5 Å². The largest absolute Gasteiger partial charge is 0.452 e. The highest BCUT2D eigenvalue weighted by Crippen LogP contribution is 2.19. The summed E-state index contributed by atoms with van der Waals surface area (Å²) in [6.45, 7) is 1.84. The lowest BCUT2D eigenvalue weighted by Gasteiger charge is -2.33. The van der Waals surface area contributed by atoms with Gasteiger partial charge in [-0.05, 0) is 18.2 Å². The molecule has 10 heteroatoms. The van der Waals surface area contributed by atoms with Crippen molar-refractivity contribution in [3.05, 3.63) is 29.8 Å². The normalized spacial score (nSPS) is 15.6. The van der Waals surface area contributed by atoms with Crippen molar-refractivity contribution < 1.29 is 27.5 Å². The van der Waals surface area contributed by atoms with E-state index in [9.17, 15) is 22.8 Å². The molecular weight excluding hydrogens is 350 g/mol. The summed E-state index contributed by atoms with van der Waals surface area (Å²) in [7, 11) is -3.80. The molecule has 0 atom stereocenters. The average Bonchev–Trinajstić information content (AvgIpc) is 2.59. The summed E-state index contributed by atoms with van der Waals surface area (Å²) in [6.07, 6.45) is 0. The fraction of sp³-hybridized carbons (Fsp3) is 0.400. The number of primary amides is 1. The zero-order valence-corrected chi connectivity index (χ0v) is 14.5. The Morgan fingerprint density at radius 1 is 1.16 bits per heavy atom. The number of piperazine rings is 1. The minimum absolute atomic E-state index is 0.00435. The number of carbonyl (C=O) groups is 3. The molecule has 25 heavy (non-hydrogen) atoms. The van der Waals surface area contributed by atoms with Crippen LogP contribution >= 0.6 is 0 Å². The molecule has 0 unspecified atom stereocenters. The van der Waals surface area contributed by atoms with Crippen molar-refractivity contribution in [3.63, 3.8) is 0 Å². The van der Waals surface area contributed by atoms with Crippen LogP contribution in [0.2, 0.25) is 0 Å². The zero-order chi connectivity index (χ0) is 18.6. The number of rotatable bonds is 5. The molecule has 1 aromatic rings. The fourth-order valence-electron chi connectivity index (χ4n) is 2.40. The highest BCUT2D eigenvalue weighted by atomic mass is 32.2. The van der Waals surface area contributed by atoms with E-state index in [2.05, 4.69) is 4.74 Å². The van der Waals surface area contributed by atoms with E-state index in [1.807, 2.05) is 0 Å². The highest BCUT2D eigenvalue weighted by molar-refractivity contribution is 7.89. The summed E-state index contributed by atoms with van der Waals surface area (Å²) in [4.78, 5) is 35.3. The third-order valence-electron chi connectivity index (χ3n) is 3.74. The van der Waals surface area contributed by atoms with Gasteiger partial charge in [0.1, 0.15) is 0 Å². The van der Waals surface area contributed by atoms with Crippen molar-refractivity contribution in [2.24, 2.45) is 5.73 Å². The van der Waals surface area contributed by atoms with Gasteiger partial charge >= 0.3 is 5.97 Å². The van der Waals surface area contributed by atoms with Crippen molar-refractivity contribution in [1.82, 2.24) is 9.21 Å². The number of amides is 2. The summed E-state index contributed by atoms with van der Waals surface area (Å²) < 4.78 is 31.3. The van der Waals surface area contributed by atoms with Crippen LogP contribution in [0, 0.1) is 0 Å². The minimum atomic E-state index is -3.80. The maximum Gasteiger partial charge on any atom is 0.338 e. The molecule has 1 fully saturated rings. The number of benzene rings is 1. The van der Waals surface area contributed by atoms with Crippen LogP contribution in [0.1, 0.15) is 17.3 Å². The number of nitrogens with zero attached hydrogens (tertiary/aromatic N) is 2. The summed E-state index contributed by atoms with van der Waals surface area (Å²) in [5, 5.41) is 0. The topological polar surface area (TPSA) is 127 Å². The van der Waals surface area contributed by atoms with Gasteiger partial charge in [0.15, 0.2) is 6.61 Å². The first-order valence-electron chi connectivity index (χ1n) is 7.53. The van der Waals surface area contributed by atoms with Crippen LogP contribution < -0.4 is 5.73 Å². The lowest BCUT2D eigenvalue weighted by Crippen LogP contribution is -2.49. The quantitative estimate of drug-likeness (QED) is 0.676. The Labute approximate surface area is 145 Å². The molecule has 1 saturated heterocycles. The number of hydrogen-bond donors (Lipinski definition) is 1. The first-order valence-corrected chi connectivity index (χ1v) is 8.97. The Balaban J connectivity index is 2.15. The van der Waals surface area contributed by atoms with E-state index in [1.54, 1.807) is 4.90 Å². The SMILES string of the molecule is CC(=O)N1CCN(S(=O)(=O)c2cccc(C(=O)OCC(N)=O)c2)CC1. The Morgan fingerprint density at radius 2 is 1.80 bits per heavy atom. The molecule has 0 radical (unpaired) electrons. The molecule has 0 bridgehead atoms. The second-order valence-corrected chi connectivity index (χ2v) is 7.42. The third-order valence-corrected chi connectivity index (χ3v) is 5.63. The standard InChI is InChI=1S/C15H19N3O6S/c1-11(19)17-5-7-18(8-6-17)25(22,23)13-4-2-3-12(9-13)15(21)24-10-14(16)20/h2-4,9H,5-8,10H2,1H3,(H2,16,20). The maximum atomic E-state index is 12.7. The van der Waals surface area contributed by atoms with Gasteiger partial charge in [-0.15, -0.1) is 0 Å². The molecule has 9 nitrogen and oxygen atoms in total. The van der Waals surface area contributed by atoms with Gasteiger partial charge in [0.05, 0.1) is 10.5 Å². The van der Waals surface area contributed by atoms with Crippen LogP contribution in [0.15, 0.2) is 29.2 Å². The highest BCUT2D eigenvalue weighted by Gasteiger charge is 2.29. The lowest BCUT2D eigenvalue weighted by atomic mass is 10.2. The van der Waals surface area contributed by atoms with Gasteiger partial charge in [0, 0.05) is 33.1 Å². The van der Waals surface area contributed by atoms with E-state index in [0.29, 0.717) is 13.1 Å². The molecule has 136 valence electrons. The van der Waals surface area contributed by atoms with Gasteiger partial charge in [-0.1, -0.05) is 6.07 Å². The molecule has 1 aromatic carbocycles. The average molecular weight is 369 g/mol. The minimum Gasteiger partial charge on any atom is -0.452 e. The summed E-state index contributed by atoms with van der Waals surface area (Å²) in [5.41, 5.74) is 4.91. The molecule has 2 rings (SSSR count). The van der Waals surface area contributed by atoms with Gasteiger partial charge in [-0.2, -0.15) is 4.31 Å². The number of carbonyl (C=O) groups excluding carboxylic acids is 3. The molecule has 0 spiro atoms. The van der Waals surface area contributed by atoms with Crippen molar-refractivity contribution in [2.75, 3.05) is 32.8 Å². The first-order chi connectivity index (χ1) is 11.7. The molecule has 1 aliphatic rings. The second kappa shape index (κ2) is 7.62. The Bertz CT molecular complexity index is 784. The van der Waals surface area contributed by atoms with E-state index in [-0.39, 0.29) is 29.5 Å². The van der Waals surface area contributed by atoms with E-state index >= 15 is 0 Å². The van der Waals surface area contributed by atoms with Gasteiger partial charge in [-0.25, -0.2) is 13.2 Å². The number of ether oxygens (including phenoxy) is 1.